The molecule has 0 aliphatic carbocycles. The Balaban J connectivity index is 2.07. The topological polar surface area (TPSA) is 70.3 Å². The molecule has 0 saturated carbocycles. The molecule has 3 N–H and O–H groups in total. The van der Waals surface area contributed by atoms with Crippen molar-refractivity contribution in [2.75, 3.05) is 5.32 Å². The third kappa shape index (κ3) is 2.50. The van der Waals surface area contributed by atoms with Crippen molar-refractivity contribution in [2.24, 2.45) is 7.05 Å². The summed E-state index contributed by atoms with van der Waals surface area (Å²) in [7, 11) is 1.87. The number of hydrogen-bond donors (Lipinski definition) is 3. The Morgan fingerprint density at radius 2 is 2.06 bits per heavy atom. The number of phenolic OH excluding ortho intramolecular Hbond substituents is 2. The molecule has 1 aromatic carbocycles. The molecule has 1 heterocycles. The van der Waals surface area contributed by atoms with Gasteiger partial charge in [-0.1, -0.05) is 6.07 Å². The maximum atomic E-state index is 9.36. The van der Waals surface area contributed by atoms with Crippen LogP contribution in [0, 0.1) is 6.92 Å². The van der Waals surface area contributed by atoms with E-state index in [0.717, 1.165) is 16.9 Å². The van der Waals surface area contributed by atoms with E-state index in [1.165, 1.54) is 12.1 Å². The second-order valence-electron chi connectivity index (χ2n) is 3.98. The minimum absolute atomic E-state index is 0.104. The number of anilines is 1. The average Bonchev–Trinajstić information content (AvgIpc) is 2.59. The lowest BCUT2D eigenvalue weighted by Gasteiger charge is -2.06. The summed E-state index contributed by atoms with van der Waals surface area (Å²) in [5.41, 5.74) is 2.78. The third-order valence-corrected chi connectivity index (χ3v) is 2.54. The number of benzene rings is 1. The molecule has 0 atom stereocenters. The van der Waals surface area contributed by atoms with Gasteiger partial charge in [0.1, 0.15) is 0 Å². The lowest BCUT2D eigenvalue weighted by molar-refractivity contribution is 0.403. The van der Waals surface area contributed by atoms with Gasteiger partial charge in [0, 0.05) is 19.8 Å². The Bertz CT molecular complexity index is 535. The molecule has 0 amide bonds. The quantitative estimate of drug-likeness (QED) is 0.706. The number of nitrogens with one attached hydrogen (secondary N) is 1. The van der Waals surface area contributed by atoms with Crippen LogP contribution in [0.4, 0.5) is 5.69 Å². The summed E-state index contributed by atoms with van der Waals surface area (Å²) in [6.45, 7) is 2.50. The fourth-order valence-corrected chi connectivity index (χ4v) is 1.65. The van der Waals surface area contributed by atoms with Crippen molar-refractivity contribution in [2.45, 2.75) is 13.5 Å². The standard InChI is InChI=1S/C12H15N3O2/c1-8-10(7-15(2)14-8)13-6-9-3-4-11(16)12(17)5-9/h3-5,7,13,16-17H,6H2,1-2H3. The van der Waals surface area contributed by atoms with Crippen molar-refractivity contribution in [3.63, 3.8) is 0 Å². The van der Waals surface area contributed by atoms with E-state index in [1.807, 2.05) is 20.2 Å². The summed E-state index contributed by atoms with van der Waals surface area (Å²) in [4.78, 5) is 0. The average molecular weight is 233 g/mol. The molecule has 2 aromatic rings. The fraction of sp³-hybridized carbons (Fsp3) is 0.250. The maximum Gasteiger partial charge on any atom is 0.157 e. The van der Waals surface area contributed by atoms with E-state index < -0.39 is 0 Å². The summed E-state index contributed by atoms with van der Waals surface area (Å²) in [5, 5.41) is 26.0. The third-order valence-electron chi connectivity index (χ3n) is 2.54. The Hall–Kier alpha value is -2.17. The van der Waals surface area contributed by atoms with Crippen molar-refractivity contribution in [3.8, 4) is 11.5 Å². The Kier molecular flexibility index (Phi) is 2.91. The molecule has 2 rings (SSSR count). The summed E-state index contributed by atoms with van der Waals surface area (Å²) in [6, 6.07) is 4.77. The van der Waals surface area contributed by atoms with Crippen molar-refractivity contribution < 1.29 is 10.2 Å². The zero-order chi connectivity index (χ0) is 12.4. The second kappa shape index (κ2) is 4.37. The van der Waals surface area contributed by atoms with E-state index in [-0.39, 0.29) is 11.5 Å². The lowest BCUT2D eigenvalue weighted by atomic mass is 10.2. The summed E-state index contributed by atoms with van der Waals surface area (Å²) in [6.07, 6.45) is 1.90. The van der Waals surface area contributed by atoms with Crippen molar-refractivity contribution in [3.05, 3.63) is 35.7 Å². The van der Waals surface area contributed by atoms with Gasteiger partial charge in [0.05, 0.1) is 11.4 Å². The molecule has 0 saturated heterocycles. The van der Waals surface area contributed by atoms with E-state index in [9.17, 15) is 10.2 Å². The van der Waals surface area contributed by atoms with Crippen molar-refractivity contribution >= 4 is 5.69 Å². The van der Waals surface area contributed by atoms with Gasteiger partial charge in [0.25, 0.3) is 0 Å². The lowest BCUT2D eigenvalue weighted by Crippen LogP contribution is -1.99. The predicted octanol–water partition coefficient (Wildman–Crippen LogP) is 1.75. The number of rotatable bonds is 3. The normalized spacial score (nSPS) is 10.5. The molecule has 0 spiro atoms. The first-order valence-electron chi connectivity index (χ1n) is 5.31. The van der Waals surface area contributed by atoms with E-state index in [0.29, 0.717) is 6.54 Å². The number of aromatic hydroxyl groups is 2. The van der Waals surface area contributed by atoms with Crippen LogP contribution in [-0.2, 0) is 13.6 Å². The Morgan fingerprint density at radius 3 is 2.65 bits per heavy atom. The Morgan fingerprint density at radius 1 is 1.29 bits per heavy atom. The van der Waals surface area contributed by atoms with E-state index in [4.69, 9.17) is 0 Å². The molecular weight excluding hydrogens is 218 g/mol. The van der Waals surface area contributed by atoms with E-state index in [1.54, 1.807) is 10.7 Å². The fourth-order valence-electron chi connectivity index (χ4n) is 1.65. The Labute approximate surface area is 99.3 Å². The molecule has 0 aliphatic heterocycles. The van der Waals surface area contributed by atoms with E-state index >= 15 is 0 Å². The molecular formula is C12H15N3O2. The summed E-state index contributed by atoms with van der Waals surface area (Å²) >= 11 is 0. The molecule has 0 fully saturated rings. The van der Waals surface area contributed by atoms with Crippen LogP contribution in [0.1, 0.15) is 11.3 Å². The zero-order valence-electron chi connectivity index (χ0n) is 9.81. The van der Waals surface area contributed by atoms with Gasteiger partial charge >= 0.3 is 0 Å². The van der Waals surface area contributed by atoms with Gasteiger partial charge in [-0.2, -0.15) is 5.10 Å². The smallest absolute Gasteiger partial charge is 0.157 e. The van der Waals surface area contributed by atoms with Gasteiger partial charge in [0.2, 0.25) is 0 Å². The minimum atomic E-state index is -0.105. The number of phenols is 2. The van der Waals surface area contributed by atoms with Crippen LogP contribution in [0.3, 0.4) is 0 Å². The first kappa shape index (κ1) is 11.3. The highest BCUT2D eigenvalue weighted by molar-refractivity contribution is 5.47. The van der Waals surface area contributed by atoms with Gasteiger partial charge in [0.15, 0.2) is 11.5 Å². The summed E-state index contributed by atoms with van der Waals surface area (Å²) < 4.78 is 1.74. The van der Waals surface area contributed by atoms with E-state index in [2.05, 4.69) is 10.4 Å². The highest BCUT2D eigenvalue weighted by Gasteiger charge is 2.04. The van der Waals surface area contributed by atoms with Crippen LogP contribution in [0.15, 0.2) is 24.4 Å². The molecule has 1 aromatic heterocycles. The zero-order valence-corrected chi connectivity index (χ0v) is 9.81. The maximum absolute atomic E-state index is 9.36. The van der Waals surface area contributed by atoms with Crippen molar-refractivity contribution in [1.82, 2.24) is 9.78 Å². The molecule has 90 valence electrons. The first-order valence-corrected chi connectivity index (χ1v) is 5.31. The van der Waals surface area contributed by atoms with Crippen LogP contribution in [0.2, 0.25) is 0 Å². The molecule has 5 nitrogen and oxygen atoms in total. The molecule has 0 aliphatic rings. The number of aryl methyl sites for hydroxylation is 2. The summed E-state index contributed by atoms with van der Waals surface area (Å²) in [5.74, 6) is -0.210. The van der Waals surface area contributed by atoms with Crippen LogP contribution in [-0.4, -0.2) is 20.0 Å². The van der Waals surface area contributed by atoms with Crippen LogP contribution in [0.25, 0.3) is 0 Å². The number of nitrogens with zero attached hydrogens (tertiary/aromatic N) is 2. The highest BCUT2D eigenvalue weighted by Crippen LogP contribution is 2.25. The predicted molar refractivity (Wildman–Crippen MR) is 65.0 cm³/mol. The van der Waals surface area contributed by atoms with Crippen LogP contribution in [0.5, 0.6) is 11.5 Å². The van der Waals surface area contributed by atoms with Crippen molar-refractivity contribution in [1.29, 1.82) is 0 Å². The van der Waals surface area contributed by atoms with Gasteiger partial charge in [-0.3, -0.25) is 4.68 Å². The number of aromatic nitrogens is 2. The second-order valence-corrected chi connectivity index (χ2v) is 3.98. The molecule has 0 bridgehead atoms. The minimum Gasteiger partial charge on any atom is -0.504 e. The molecule has 0 radical (unpaired) electrons. The molecule has 0 unspecified atom stereocenters. The van der Waals surface area contributed by atoms with Gasteiger partial charge in [-0.05, 0) is 24.6 Å². The SMILES string of the molecule is Cc1nn(C)cc1NCc1ccc(O)c(O)c1. The molecule has 17 heavy (non-hydrogen) atoms. The van der Waals surface area contributed by atoms with Crippen LogP contribution < -0.4 is 5.32 Å². The van der Waals surface area contributed by atoms with Crippen LogP contribution >= 0.6 is 0 Å². The highest BCUT2D eigenvalue weighted by atomic mass is 16.3. The van der Waals surface area contributed by atoms with Gasteiger partial charge < -0.3 is 15.5 Å². The van der Waals surface area contributed by atoms with Gasteiger partial charge in [-0.15, -0.1) is 0 Å². The van der Waals surface area contributed by atoms with Gasteiger partial charge in [-0.25, -0.2) is 0 Å². The number of hydrogen-bond acceptors (Lipinski definition) is 4. The molecule has 5 heteroatoms. The monoisotopic (exact) mass is 233 g/mol. The first-order chi connectivity index (χ1) is 8.06. The largest absolute Gasteiger partial charge is 0.504 e.